The van der Waals surface area contributed by atoms with E-state index in [0.29, 0.717) is 51.9 Å². The number of ether oxygens (including phenoxy) is 2. The number of rotatable bonds is 9. The number of fused-ring (bicyclic) bond motifs is 2. The molecule has 7 rings (SSSR count). The van der Waals surface area contributed by atoms with Gasteiger partial charge in [0.2, 0.25) is 0 Å². The Kier molecular flexibility index (Phi) is 7.73. The lowest BCUT2D eigenvalue weighted by atomic mass is 9.86. The van der Waals surface area contributed by atoms with E-state index in [2.05, 4.69) is 9.88 Å². The van der Waals surface area contributed by atoms with Gasteiger partial charge in [0.1, 0.15) is 29.3 Å². The molecule has 0 spiro atoms. The van der Waals surface area contributed by atoms with E-state index in [0.717, 1.165) is 50.2 Å². The van der Waals surface area contributed by atoms with E-state index >= 15 is 4.39 Å². The molecule has 1 aliphatic carbocycles. The Bertz CT molecular complexity index is 1810. The standard InChI is InChI=1S/C34H33ClF2N4O4/c1-44-28-14-22(35)5-6-25(28)29-15-26(37)24-4-2-3-23(31(24)45-29)20-7-11-40(12-8-20)17-30-39-32-27(13-21(16-38-32)33(42)43)41(30)19-34(18-36)9-10-34/h2-6,13-16,20,29H,7-12,17-19H2,1H3,(H,42,43)/t29-/m0/s1. The van der Waals surface area contributed by atoms with E-state index in [9.17, 15) is 14.3 Å². The number of para-hydroxylation sites is 1. The van der Waals surface area contributed by atoms with Crippen LogP contribution in [0.5, 0.6) is 11.5 Å². The van der Waals surface area contributed by atoms with Crippen molar-refractivity contribution in [3.8, 4) is 11.5 Å². The van der Waals surface area contributed by atoms with Gasteiger partial charge in [0.25, 0.3) is 0 Å². The molecule has 3 aliphatic rings. The van der Waals surface area contributed by atoms with Gasteiger partial charge in [0.05, 0.1) is 37.0 Å². The molecule has 0 bridgehead atoms. The topological polar surface area (TPSA) is 89.7 Å². The van der Waals surface area contributed by atoms with Crippen LogP contribution in [0.3, 0.4) is 0 Å². The number of pyridine rings is 1. The highest BCUT2D eigenvalue weighted by Crippen LogP contribution is 2.49. The second-order valence-electron chi connectivity index (χ2n) is 12.3. The van der Waals surface area contributed by atoms with Gasteiger partial charge in [-0.05, 0) is 86.7 Å². The smallest absolute Gasteiger partial charge is 0.337 e. The number of alkyl halides is 1. The first-order valence-corrected chi connectivity index (χ1v) is 15.5. The number of aromatic carboxylic acids is 1. The molecule has 2 aromatic carbocycles. The number of piperidine rings is 1. The Hall–Kier alpha value is -4.02. The van der Waals surface area contributed by atoms with Crippen molar-refractivity contribution < 1.29 is 28.2 Å². The van der Waals surface area contributed by atoms with E-state index in [1.807, 2.05) is 16.7 Å². The van der Waals surface area contributed by atoms with Crippen LogP contribution in [0.15, 0.2) is 54.7 Å². The molecule has 0 unspecified atom stereocenters. The van der Waals surface area contributed by atoms with Gasteiger partial charge < -0.3 is 19.1 Å². The van der Waals surface area contributed by atoms with E-state index in [-0.39, 0.29) is 17.3 Å². The van der Waals surface area contributed by atoms with Crippen molar-refractivity contribution in [1.82, 2.24) is 19.4 Å². The zero-order chi connectivity index (χ0) is 31.3. The number of carbonyl (C=O) groups is 1. The second kappa shape index (κ2) is 11.7. The molecular formula is C34H33ClF2N4O4. The number of methoxy groups -OCH3 is 1. The van der Waals surface area contributed by atoms with Crippen LogP contribution in [-0.4, -0.2) is 57.4 Å². The quantitative estimate of drug-likeness (QED) is 0.206. The molecule has 234 valence electrons. The molecule has 1 N–H and O–H groups in total. The zero-order valence-electron chi connectivity index (χ0n) is 24.8. The van der Waals surface area contributed by atoms with Gasteiger partial charge in [0.15, 0.2) is 5.65 Å². The van der Waals surface area contributed by atoms with Crippen LogP contribution in [0.1, 0.15) is 70.6 Å². The average Bonchev–Trinajstić information content (AvgIpc) is 3.75. The van der Waals surface area contributed by atoms with Crippen LogP contribution in [0.4, 0.5) is 8.78 Å². The van der Waals surface area contributed by atoms with Crippen molar-refractivity contribution in [1.29, 1.82) is 0 Å². The first-order valence-electron chi connectivity index (χ1n) is 15.1. The fourth-order valence-corrected chi connectivity index (χ4v) is 6.73. The summed E-state index contributed by atoms with van der Waals surface area (Å²) in [6, 6.07) is 12.5. The predicted octanol–water partition coefficient (Wildman–Crippen LogP) is 7.36. The van der Waals surface area contributed by atoms with Gasteiger partial charge in [-0.1, -0.05) is 23.7 Å². The molecule has 1 saturated carbocycles. The molecule has 0 amide bonds. The number of aromatic nitrogens is 3. The van der Waals surface area contributed by atoms with Crippen LogP contribution < -0.4 is 9.47 Å². The minimum absolute atomic E-state index is 0.0811. The number of hydrogen-bond acceptors (Lipinski definition) is 6. The fraction of sp³-hybridized carbons (Fsp3) is 0.382. The Labute approximate surface area is 264 Å². The Morgan fingerprint density at radius 2 is 1.98 bits per heavy atom. The summed E-state index contributed by atoms with van der Waals surface area (Å²) >= 11 is 6.16. The third-order valence-corrected chi connectivity index (χ3v) is 9.64. The molecule has 2 fully saturated rings. The summed E-state index contributed by atoms with van der Waals surface area (Å²) in [7, 11) is 1.55. The van der Waals surface area contributed by atoms with Crippen LogP contribution in [-0.2, 0) is 13.1 Å². The number of hydrogen-bond donors (Lipinski definition) is 1. The van der Waals surface area contributed by atoms with Crippen LogP contribution in [0, 0.1) is 5.41 Å². The number of halogens is 3. The van der Waals surface area contributed by atoms with Crippen molar-refractivity contribution in [2.75, 3.05) is 26.9 Å². The number of imidazole rings is 1. The number of nitrogens with zero attached hydrogens (tertiary/aromatic N) is 4. The maximum atomic E-state index is 15.5. The number of benzene rings is 2. The summed E-state index contributed by atoms with van der Waals surface area (Å²) in [6.07, 6.45) is 5.37. The van der Waals surface area contributed by atoms with Crippen molar-refractivity contribution >= 4 is 34.6 Å². The van der Waals surface area contributed by atoms with Crippen molar-refractivity contribution in [3.05, 3.63) is 87.8 Å². The normalized spacial score (nSPS) is 19.6. The number of carboxylic acid groups (broad SMARTS) is 1. The Morgan fingerprint density at radius 1 is 1.18 bits per heavy atom. The van der Waals surface area contributed by atoms with Crippen LogP contribution in [0.2, 0.25) is 5.02 Å². The third kappa shape index (κ3) is 5.66. The van der Waals surface area contributed by atoms with Crippen LogP contribution in [0.25, 0.3) is 17.0 Å². The number of carboxylic acids is 1. The predicted molar refractivity (Wildman–Crippen MR) is 166 cm³/mol. The fourth-order valence-electron chi connectivity index (χ4n) is 6.57. The summed E-state index contributed by atoms with van der Waals surface area (Å²) < 4.78 is 43.4. The summed E-state index contributed by atoms with van der Waals surface area (Å²) in [5, 5.41) is 10.0. The zero-order valence-corrected chi connectivity index (χ0v) is 25.6. The molecule has 1 atom stereocenters. The van der Waals surface area contributed by atoms with Crippen molar-refractivity contribution in [2.24, 2.45) is 5.41 Å². The van der Waals surface area contributed by atoms with Gasteiger partial charge >= 0.3 is 5.97 Å². The SMILES string of the molecule is COc1cc(Cl)ccc1[C@@H]1C=C(F)c2cccc(C3CCN(Cc4nc5ncc(C(=O)O)cc5n4CC4(CF)CC4)CC3)c2O1. The molecule has 8 nitrogen and oxygen atoms in total. The van der Waals surface area contributed by atoms with E-state index in [4.69, 9.17) is 26.1 Å². The van der Waals surface area contributed by atoms with E-state index in [1.54, 1.807) is 37.4 Å². The molecule has 2 aromatic heterocycles. The van der Waals surface area contributed by atoms with Gasteiger partial charge in [-0.15, -0.1) is 0 Å². The lowest BCUT2D eigenvalue weighted by Gasteiger charge is -2.34. The monoisotopic (exact) mass is 634 g/mol. The molecular weight excluding hydrogens is 602 g/mol. The molecule has 2 aliphatic heterocycles. The number of likely N-dealkylation sites (tertiary alicyclic amines) is 1. The summed E-state index contributed by atoms with van der Waals surface area (Å²) in [6.45, 7) is 2.10. The highest BCUT2D eigenvalue weighted by molar-refractivity contribution is 6.30. The largest absolute Gasteiger partial charge is 0.496 e. The lowest BCUT2D eigenvalue weighted by molar-refractivity contribution is 0.0696. The summed E-state index contributed by atoms with van der Waals surface area (Å²) in [5.41, 5.74) is 2.87. The maximum absolute atomic E-state index is 15.5. The molecule has 45 heavy (non-hydrogen) atoms. The lowest BCUT2D eigenvalue weighted by Crippen LogP contribution is -2.34. The van der Waals surface area contributed by atoms with Gasteiger partial charge in [-0.3, -0.25) is 9.29 Å². The Morgan fingerprint density at radius 3 is 2.69 bits per heavy atom. The van der Waals surface area contributed by atoms with Gasteiger partial charge in [-0.2, -0.15) is 0 Å². The first kappa shape index (κ1) is 29.7. The molecule has 11 heteroatoms. The summed E-state index contributed by atoms with van der Waals surface area (Å²) in [4.78, 5) is 23.0. The first-order chi connectivity index (χ1) is 21.8. The molecule has 1 saturated heterocycles. The van der Waals surface area contributed by atoms with Gasteiger partial charge in [0, 0.05) is 28.7 Å². The van der Waals surface area contributed by atoms with Gasteiger partial charge in [-0.25, -0.2) is 19.2 Å². The highest BCUT2D eigenvalue weighted by Gasteiger charge is 2.44. The Balaban J connectivity index is 1.11. The van der Waals surface area contributed by atoms with Crippen molar-refractivity contribution in [3.63, 3.8) is 0 Å². The summed E-state index contributed by atoms with van der Waals surface area (Å²) in [5.74, 6) is 0.609. The van der Waals surface area contributed by atoms with Crippen LogP contribution >= 0.6 is 11.6 Å². The molecule has 4 aromatic rings. The second-order valence-corrected chi connectivity index (χ2v) is 12.8. The average molecular weight is 635 g/mol. The van der Waals surface area contributed by atoms with E-state index < -0.39 is 24.2 Å². The molecule has 0 radical (unpaired) electrons. The minimum atomic E-state index is -1.06. The van der Waals surface area contributed by atoms with E-state index in [1.165, 1.54) is 12.3 Å². The molecule has 4 heterocycles. The minimum Gasteiger partial charge on any atom is -0.496 e. The maximum Gasteiger partial charge on any atom is 0.337 e. The third-order valence-electron chi connectivity index (χ3n) is 9.41. The highest BCUT2D eigenvalue weighted by atomic mass is 35.5. The van der Waals surface area contributed by atoms with Crippen molar-refractivity contribution in [2.45, 2.75) is 50.8 Å².